The van der Waals surface area contributed by atoms with Gasteiger partial charge in [0.2, 0.25) is 0 Å². The molecule has 0 N–H and O–H groups in total. The van der Waals surface area contributed by atoms with Gasteiger partial charge in [0.25, 0.3) is 0 Å². The second-order valence-corrected chi connectivity index (χ2v) is 2.30. The summed E-state index contributed by atoms with van der Waals surface area (Å²) in [4.78, 5) is 9.47. The summed E-state index contributed by atoms with van der Waals surface area (Å²) < 4.78 is 4.42. The molecule has 0 unspecified atom stereocenters. The molecule has 0 bridgehead atoms. The van der Waals surface area contributed by atoms with E-state index in [2.05, 4.69) is 4.74 Å². The van der Waals surface area contributed by atoms with Crippen LogP contribution in [0.1, 0.15) is 20.8 Å². The van der Waals surface area contributed by atoms with Crippen LogP contribution in [-0.4, -0.2) is 12.1 Å². The Kier molecular flexibility index (Phi) is 1.81. The fourth-order valence-corrected chi connectivity index (χ4v) is 0.125. The van der Waals surface area contributed by atoms with Crippen LogP contribution >= 0.6 is 0 Å². The molecule has 0 heterocycles. The van der Waals surface area contributed by atoms with Crippen LogP contribution in [-0.2, 0) is 9.53 Å². The summed E-state index contributed by atoms with van der Waals surface area (Å²) in [5, 5.41) is 0. The van der Waals surface area contributed by atoms with Gasteiger partial charge in [-0.2, -0.15) is 0 Å². The third-order valence-corrected chi connectivity index (χ3v) is 0.348. The standard InChI is InChI=1S/C5H9O2/c1-5(2,3)7-4-6/h1-3H3/q-1. The number of hydrogen-bond donors (Lipinski definition) is 0. The summed E-state index contributed by atoms with van der Waals surface area (Å²) in [5.74, 6) is 0. The van der Waals surface area contributed by atoms with E-state index in [1.165, 1.54) is 6.47 Å². The van der Waals surface area contributed by atoms with Crippen LogP contribution in [0.25, 0.3) is 0 Å². The molecule has 0 fully saturated rings. The molecule has 0 rings (SSSR count). The molecule has 0 aromatic heterocycles. The Hall–Kier alpha value is -0.530. The maximum absolute atomic E-state index is 9.47. The first kappa shape index (κ1) is 6.47. The fraction of sp³-hybridized carbons (Fsp3) is 0.800. The van der Waals surface area contributed by atoms with Gasteiger partial charge in [-0.1, -0.05) is 6.47 Å². The van der Waals surface area contributed by atoms with Crippen LogP contribution in [0.3, 0.4) is 0 Å². The Morgan fingerprint density at radius 2 is 1.86 bits per heavy atom. The van der Waals surface area contributed by atoms with Gasteiger partial charge in [0.1, 0.15) is 0 Å². The van der Waals surface area contributed by atoms with Gasteiger partial charge in [0.05, 0.1) is 5.60 Å². The molecule has 0 aliphatic carbocycles. The Morgan fingerprint density at radius 1 is 1.43 bits per heavy atom. The molecule has 0 aliphatic heterocycles. The minimum absolute atomic E-state index is 0.373. The van der Waals surface area contributed by atoms with E-state index < -0.39 is 0 Å². The molecule has 0 radical (unpaired) electrons. The topological polar surface area (TPSA) is 26.3 Å². The Balaban J connectivity index is 3.34. The molecular formula is C5H9O2-. The van der Waals surface area contributed by atoms with E-state index in [4.69, 9.17) is 0 Å². The molecule has 0 amide bonds. The summed E-state index contributed by atoms with van der Waals surface area (Å²) in [7, 11) is 0. The lowest BCUT2D eigenvalue weighted by Gasteiger charge is -2.24. The van der Waals surface area contributed by atoms with Crippen molar-refractivity contribution in [1.29, 1.82) is 0 Å². The molecule has 7 heavy (non-hydrogen) atoms. The average molecular weight is 101 g/mol. The second kappa shape index (κ2) is 1.96. The molecule has 0 aromatic carbocycles. The van der Waals surface area contributed by atoms with Gasteiger partial charge < -0.3 is 9.53 Å². The highest BCUT2D eigenvalue weighted by Gasteiger charge is 2.01. The van der Waals surface area contributed by atoms with Gasteiger partial charge in [-0.15, -0.1) is 0 Å². The highest BCUT2D eigenvalue weighted by molar-refractivity contribution is 5.39. The highest BCUT2D eigenvalue weighted by Crippen LogP contribution is 2.02. The summed E-state index contributed by atoms with van der Waals surface area (Å²) in [6, 6.07) is 0. The predicted molar refractivity (Wildman–Crippen MR) is 26.5 cm³/mol. The Labute approximate surface area is 43.5 Å². The first-order valence-electron chi connectivity index (χ1n) is 2.11. The smallest absolute Gasteiger partial charge is 0.0623 e. The molecular weight excluding hydrogens is 92.1 g/mol. The van der Waals surface area contributed by atoms with E-state index in [-0.39, 0.29) is 5.60 Å². The number of hydrogen-bond acceptors (Lipinski definition) is 2. The van der Waals surface area contributed by atoms with Crippen LogP contribution in [0.2, 0.25) is 0 Å². The van der Waals surface area contributed by atoms with Gasteiger partial charge in [-0.05, 0) is 20.8 Å². The third-order valence-electron chi connectivity index (χ3n) is 0.348. The minimum Gasteiger partial charge on any atom is -0.649 e. The summed E-state index contributed by atoms with van der Waals surface area (Å²) in [6.45, 7) is 6.73. The number of carbonyl (C=O) groups excluding carboxylic acids is 1. The van der Waals surface area contributed by atoms with Crippen LogP contribution < -0.4 is 0 Å². The first-order valence-corrected chi connectivity index (χ1v) is 2.11. The number of ether oxygens (including phenoxy) is 1. The monoisotopic (exact) mass is 101 g/mol. The molecule has 0 aliphatic rings. The average Bonchev–Trinajstić information content (AvgIpc) is 1.30. The highest BCUT2D eigenvalue weighted by atomic mass is 16.5. The lowest BCUT2D eigenvalue weighted by molar-refractivity contribution is 0.109. The third kappa shape index (κ3) is 5.47. The molecule has 2 nitrogen and oxygen atoms in total. The van der Waals surface area contributed by atoms with Crippen molar-refractivity contribution in [2.45, 2.75) is 26.4 Å². The van der Waals surface area contributed by atoms with Crippen molar-refractivity contribution >= 4 is 6.47 Å². The van der Waals surface area contributed by atoms with Gasteiger partial charge in [-0.3, -0.25) is 0 Å². The van der Waals surface area contributed by atoms with Crippen LogP contribution in [0.4, 0.5) is 0 Å². The second-order valence-electron chi connectivity index (χ2n) is 2.30. The maximum atomic E-state index is 9.47. The minimum atomic E-state index is -0.373. The van der Waals surface area contributed by atoms with E-state index in [9.17, 15) is 4.79 Å². The lowest BCUT2D eigenvalue weighted by Crippen LogP contribution is -2.17. The lowest BCUT2D eigenvalue weighted by atomic mass is 10.2. The van der Waals surface area contributed by atoms with E-state index >= 15 is 0 Å². The molecule has 0 aromatic rings. The van der Waals surface area contributed by atoms with E-state index in [0.717, 1.165) is 0 Å². The summed E-state index contributed by atoms with van der Waals surface area (Å²) in [6.07, 6.45) is 0. The van der Waals surface area contributed by atoms with Crippen molar-refractivity contribution in [2.24, 2.45) is 0 Å². The van der Waals surface area contributed by atoms with Gasteiger partial charge in [-0.25, -0.2) is 0 Å². The zero-order valence-electron chi connectivity index (χ0n) is 4.82. The van der Waals surface area contributed by atoms with Crippen molar-refractivity contribution in [3.63, 3.8) is 0 Å². The number of rotatable bonds is 1. The van der Waals surface area contributed by atoms with E-state index in [1.54, 1.807) is 20.8 Å². The summed E-state index contributed by atoms with van der Waals surface area (Å²) >= 11 is 0. The quantitative estimate of drug-likeness (QED) is 0.458. The van der Waals surface area contributed by atoms with Crippen LogP contribution in [0.15, 0.2) is 0 Å². The molecule has 2 heteroatoms. The van der Waals surface area contributed by atoms with Crippen molar-refractivity contribution in [1.82, 2.24) is 0 Å². The van der Waals surface area contributed by atoms with Crippen molar-refractivity contribution in [3.8, 4) is 0 Å². The molecule has 0 atom stereocenters. The largest absolute Gasteiger partial charge is 0.649 e. The van der Waals surface area contributed by atoms with Gasteiger partial charge >= 0.3 is 0 Å². The molecule has 42 valence electrons. The maximum Gasteiger partial charge on any atom is 0.0623 e. The SMILES string of the molecule is CC(C)(C)O[C-]=O. The molecule has 0 saturated heterocycles. The Morgan fingerprint density at radius 3 is 1.86 bits per heavy atom. The Bertz CT molecular complexity index is 61.0. The molecule has 0 spiro atoms. The van der Waals surface area contributed by atoms with E-state index in [1.807, 2.05) is 0 Å². The van der Waals surface area contributed by atoms with Crippen molar-refractivity contribution in [2.75, 3.05) is 0 Å². The zero-order valence-corrected chi connectivity index (χ0v) is 4.82. The normalized spacial score (nSPS) is 10.7. The zero-order chi connectivity index (χ0) is 5.91. The summed E-state index contributed by atoms with van der Waals surface area (Å²) in [5.41, 5.74) is -0.373. The fourth-order valence-electron chi connectivity index (χ4n) is 0.125. The first-order chi connectivity index (χ1) is 3.06. The van der Waals surface area contributed by atoms with Gasteiger partial charge in [0, 0.05) is 0 Å². The molecule has 0 saturated carbocycles. The van der Waals surface area contributed by atoms with Gasteiger partial charge in [0.15, 0.2) is 0 Å². The van der Waals surface area contributed by atoms with Crippen molar-refractivity contribution in [3.05, 3.63) is 0 Å². The predicted octanol–water partition coefficient (Wildman–Crippen LogP) is 0.869. The van der Waals surface area contributed by atoms with E-state index in [0.29, 0.717) is 0 Å². The van der Waals surface area contributed by atoms with Crippen molar-refractivity contribution < 1.29 is 9.53 Å². The van der Waals surface area contributed by atoms with Crippen LogP contribution in [0.5, 0.6) is 0 Å². The van der Waals surface area contributed by atoms with Crippen LogP contribution in [0, 0.1) is 0 Å².